The van der Waals surface area contributed by atoms with Crippen molar-refractivity contribution in [3.63, 3.8) is 0 Å². The largest absolute Gasteiger partial charge is 0.313 e. The van der Waals surface area contributed by atoms with Gasteiger partial charge in [-0.25, -0.2) is 4.39 Å². The van der Waals surface area contributed by atoms with Crippen molar-refractivity contribution in [1.29, 1.82) is 0 Å². The van der Waals surface area contributed by atoms with E-state index in [0.29, 0.717) is 5.92 Å². The summed E-state index contributed by atoms with van der Waals surface area (Å²) in [5.41, 5.74) is 0.755. The Hall–Kier alpha value is -0.410. The highest BCUT2D eigenvalue weighted by molar-refractivity contribution is 9.10. The molecule has 0 amide bonds. The number of benzene rings is 1. The lowest BCUT2D eigenvalue weighted by molar-refractivity contribution is 0.350. The maximum atomic E-state index is 13.8. The minimum Gasteiger partial charge on any atom is -0.313 e. The summed E-state index contributed by atoms with van der Waals surface area (Å²) in [7, 11) is 1.89. The predicted molar refractivity (Wildman–Crippen MR) is 70.0 cm³/mol. The Labute approximate surface area is 106 Å². The van der Waals surface area contributed by atoms with E-state index in [1.165, 1.54) is 6.07 Å². The standard InChI is InChI=1S/C13H19BrFN/c1-4-9(5-2)13(16-3)11-8-10(14)6-7-12(11)15/h6-9,13,16H,4-5H2,1-3H3. The van der Waals surface area contributed by atoms with Crippen LogP contribution in [0.2, 0.25) is 0 Å². The average molecular weight is 288 g/mol. The molecule has 90 valence electrons. The van der Waals surface area contributed by atoms with Crippen LogP contribution in [0.25, 0.3) is 0 Å². The molecule has 1 nitrogen and oxygen atoms in total. The van der Waals surface area contributed by atoms with Crippen LogP contribution >= 0.6 is 15.9 Å². The second-order valence-corrected chi connectivity index (χ2v) is 4.92. The Morgan fingerprint density at radius 2 is 1.94 bits per heavy atom. The van der Waals surface area contributed by atoms with Crippen molar-refractivity contribution >= 4 is 15.9 Å². The van der Waals surface area contributed by atoms with E-state index < -0.39 is 0 Å². The monoisotopic (exact) mass is 287 g/mol. The molecule has 1 aromatic rings. The van der Waals surface area contributed by atoms with Gasteiger partial charge in [0.15, 0.2) is 0 Å². The summed E-state index contributed by atoms with van der Waals surface area (Å²) in [5, 5.41) is 3.23. The fourth-order valence-corrected chi connectivity index (χ4v) is 2.54. The lowest BCUT2D eigenvalue weighted by Gasteiger charge is -2.25. The molecule has 0 fully saturated rings. The van der Waals surface area contributed by atoms with Crippen molar-refractivity contribution < 1.29 is 4.39 Å². The zero-order valence-corrected chi connectivity index (χ0v) is 11.6. The van der Waals surface area contributed by atoms with E-state index in [1.807, 2.05) is 13.1 Å². The molecule has 0 aromatic heterocycles. The van der Waals surface area contributed by atoms with Gasteiger partial charge in [0.1, 0.15) is 5.82 Å². The zero-order chi connectivity index (χ0) is 12.1. The van der Waals surface area contributed by atoms with Crippen LogP contribution in [0.3, 0.4) is 0 Å². The maximum Gasteiger partial charge on any atom is 0.128 e. The van der Waals surface area contributed by atoms with Gasteiger partial charge in [-0.1, -0.05) is 42.6 Å². The van der Waals surface area contributed by atoms with Crippen LogP contribution < -0.4 is 5.32 Å². The summed E-state index contributed by atoms with van der Waals surface area (Å²) in [4.78, 5) is 0. The van der Waals surface area contributed by atoms with Crippen LogP contribution in [0.1, 0.15) is 38.3 Å². The van der Waals surface area contributed by atoms with Crippen LogP contribution in [0.5, 0.6) is 0 Å². The Morgan fingerprint density at radius 3 is 2.44 bits per heavy atom. The van der Waals surface area contributed by atoms with Gasteiger partial charge in [-0.3, -0.25) is 0 Å². The maximum absolute atomic E-state index is 13.8. The molecule has 1 unspecified atom stereocenters. The Morgan fingerprint density at radius 1 is 1.31 bits per heavy atom. The Balaban J connectivity index is 3.06. The molecule has 3 heteroatoms. The lowest BCUT2D eigenvalue weighted by Crippen LogP contribution is -2.25. The van der Waals surface area contributed by atoms with E-state index in [4.69, 9.17) is 0 Å². The molecule has 0 aliphatic heterocycles. The second kappa shape index (κ2) is 6.36. The fourth-order valence-electron chi connectivity index (χ4n) is 2.16. The quantitative estimate of drug-likeness (QED) is 0.852. The first kappa shape index (κ1) is 13.7. The van der Waals surface area contributed by atoms with Gasteiger partial charge in [0.2, 0.25) is 0 Å². The number of halogens is 2. The van der Waals surface area contributed by atoms with Gasteiger partial charge < -0.3 is 5.32 Å². The molecule has 0 saturated carbocycles. The van der Waals surface area contributed by atoms with Crippen LogP contribution in [-0.2, 0) is 0 Å². The first-order valence-electron chi connectivity index (χ1n) is 5.76. The molecule has 0 aliphatic carbocycles. The van der Waals surface area contributed by atoms with Gasteiger partial charge >= 0.3 is 0 Å². The minimum absolute atomic E-state index is 0.0903. The first-order valence-corrected chi connectivity index (χ1v) is 6.55. The van der Waals surface area contributed by atoms with Crippen LogP contribution in [0.15, 0.2) is 22.7 Å². The molecule has 0 aliphatic rings. The topological polar surface area (TPSA) is 12.0 Å². The number of rotatable bonds is 5. The van der Waals surface area contributed by atoms with E-state index >= 15 is 0 Å². The molecular formula is C13H19BrFN. The summed E-state index contributed by atoms with van der Waals surface area (Å²) < 4.78 is 14.7. The summed E-state index contributed by atoms with van der Waals surface area (Å²) in [6.07, 6.45) is 2.10. The number of nitrogens with one attached hydrogen (secondary N) is 1. The molecular weight excluding hydrogens is 269 g/mol. The first-order chi connectivity index (χ1) is 7.63. The summed E-state index contributed by atoms with van der Waals surface area (Å²) >= 11 is 3.39. The van der Waals surface area contributed by atoms with E-state index in [1.54, 1.807) is 6.07 Å². The van der Waals surface area contributed by atoms with Crippen LogP contribution in [0, 0.1) is 11.7 Å². The highest BCUT2D eigenvalue weighted by Crippen LogP contribution is 2.30. The fraction of sp³-hybridized carbons (Fsp3) is 0.538. The highest BCUT2D eigenvalue weighted by Gasteiger charge is 2.21. The van der Waals surface area contributed by atoms with Crippen molar-refractivity contribution in [2.75, 3.05) is 7.05 Å². The van der Waals surface area contributed by atoms with E-state index in [0.717, 1.165) is 22.9 Å². The molecule has 1 N–H and O–H groups in total. The molecule has 0 spiro atoms. The van der Waals surface area contributed by atoms with Gasteiger partial charge in [-0.05, 0) is 31.2 Å². The van der Waals surface area contributed by atoms with Gasteiger partial charge in [-0.2, -0.15) is 0 Å². The third kappa shape index (κ3) is 3.05. The van der Waals surface area contributed by atoms with Crippen molar-refractivity contribution in [2.45, 2.75) is 32.7 Å². The molecule has 0 radical (unpaired) electrons. The van der Waals surface area contributed by atoms with Crippen LogP contribution in [0.4, 0.5) is 4.39 Å². The van der Waals surface area contributed by atoms with Crippen molar-refractivity contribution in [3.05, 3.63) is 34.1 Å². The van der Waals surface area contributed by atoms with E-state index in [9.17, 15) is 4.39 Å². The Bertz CT molecular complexity index is 337. The molecule has 0 heterocycles. The number of hydrogen-bond donors (Lipinski definition) is 1. The lowest BCUT2D eigenvalue weighted by atomic mass is 9.89. The molecule has 0 saturated heterocycles. The van der Waals surface area contributed by atoms with Gasteiger partial charge in [0.05, 0.1) is 0 Å². The van der Waals surface area contributed by atoms with Gasteiger partial charge in [0, 0.05) is 16.1 Å². The summed E-state index contributed by atoms with van der Waals surface area (Å²) in [5.74, 6) is 0.336. The highest BCUT2D eigenvalue weighted by atomic mass is 79.9. The molecule has 1 atom stereocenters. The predicted octanol–water partition coefficient (Wildman–Crippen LogP) is 4.28. The van der Waals surface area contributed by atoms with Crippen molar-refractivity contribution in [1.82, 2.24) is 5.32 Å². The average Bonchev–Trinajstić information content (AvgIpc) is 2.29. The van der Waals surface area contributed by atoms with E-state index in [2.05, 4.69) is 35.1 Å². The third-order valence-corrected chi connectivity index (χ3v) is 3.62. The van der Waals surface area contributed by atoms with Crippen molar-refractivity contribution in [3.8, 4) is 0 Å². The summed E-state index contributed by atoms with van der Waals surface area (Å²) in [6, 6.07) is 5.21. The van der Waals surface area contributed by atoms with E-state index in [-0.39, 0.29) is 11.9 Å². The zero-order valence-electron chi connectivity index (χ0n) is 10.1. The third-order valence-electron chi connectivity index (χ3n) is 3.12. The summed E-state index contributed by atoms with van der Waals surface area (Å²) in [6.45, 7) is 4.29. The van der Waals surface area contributed by atoms with Gasteiger partial charge in [0.25, 0.3) is 0 Å². The molecule has 16 heavy (non-hydrogen) atoms. The van der Waals surface area contributed by atoms with Crippen LogP contribution in [-0.4, -0.2) is 7.05 Å². The smallest absolute Gasteiger partial charge is 0.128 e. The van der Waals surface area contributed by atoms with Crippen molar-refractivity contribution in [2.24, 2.45) is 5.92 Å². The SMILES string of the molecule is CCC(CC)C(NC)c1cc(Br)ccc1F. The molecule has 0 bridgehead atoms. The number of hydrogen-bond acceptors (Lipinski definition) is 1. The van der Waals surface area contributed by atoms with Gasteiger partial charge in [-0.15, -0.1) is 0 Å². The minimum atomic E-state index is -0.130. The molecule has 1 rings (SSSR count). The second-order valence-electron chi connectivity index (χ2n) is 4.01. The Kier molecular flexibility index (Phi) is 5.42. The molecule has 1 aromatic carbocycles. The normalized spacial score (nSPS) is 13.1.